The second kappa shape index (κ2) is 12.1. The Morgan fingerprint density at radius 3 is 2.37 bits per heavy atom. The Morgan fingerprint density at radius 1 is 0.957 bits per heavy atom. The SMILES string of the molecule is Cc1cccc(C2(CCN3[C@@H]4CC[C@H]3C[C@@H](n3c(C)nc5ccccc53)C4)CCN(C(=O)c3ccc(Cl)c(S(N)(=O)=O)c3)CC2)c1. The predicted octanol–water partition coefficient (Wildman–Crippen LogP) is 6.39. The fraction of sp³-hybridized carbons (Fsp3) is 0.444. The fourth-order valence-electron chi connectivity index (χ4n) is 8.62. The second-order valence-electron chi connectivity index (χ2n) is 13.6. The molecule has 1 amide bonds. The van der Waals surface area contributed by atoms with Gasteiger partial charge in [0.2, 0.25) is 10.0 Å². The molecule has 2 bridgehead atoms. The van der Waals surface area contributed by atoms with Crippen molar-refractivity contribution in [2.75, 3.05) is 19.6 Å². The third kappa shape index (κ3) is 5.76. The van der Waals surface area contributed by atoms with Crippen molar-refractivity contribution in [2.45, 2.75) is 87.2 Å². The van der Waals surface area contributed by atoms with E-state index in [1.165, 1.54) is 41.6 Å². The van der Waals surface area contributed by atoms with E-state index in [-0.39, 0.29) is 26.8 Å². The number of nitrogens with two attached hydrogens (primary N) is 1. The summed E-state index contributed by atoms with van der Waals surface area (Å²) in [5, 5.41) is 5.37. The Balaban J connectivity index is 1.08. The van der Waals surface area contributed by atoms with Gasteiger partial charge in [-0.25, -0.2) is 18.5 Å². The highest BCUT2D eigenvalue weighted by Gasteiger charge is 2.44. The number of halogens is 1. The van der Waals surface area contributed by atoms with Crippen LogP contribution in [0.2, 0.25) is 5.02 Å². The third-order valence-corrected chi connectivity index (χ3v) is 12.4. The molecule has 0 saturated carbocycles. The summed E-state index contributed by atoms with van der Waals surface area (Å²) in [4.78, 5) is 22.8. The zero-order valence-corrected chi connectivity index (χ0v) is 28.1. The van der Waals surface area contributed by atoms with E-state index in [9.17, 15) is 13.2 Å². The van der Waals surface area contributed by atoms with Crippen molar-refractivity contribution in [2.24, 2.45) is 5.14 Å². The van der Waals surface area contributed by atoms with Gasteiger partial charge in [-0.2, -0.15) is 0 Å². The van der Waals surface area contributed by atoms with Gasteiger partial charge in [-0.3, -0.25) is 9.69 Å². The average Bonchev–Trinajstić information content (AvgIpc) is 3.49. The van der Waals surface area contributed by atoms with Crippen molar-refractivity contribution in [3.05, 3.63) is 94.3 Å². The van der Waals surface area contributed by atoms with Gasteiger partial charge in [0, 0.05) is 36.8 Å². The van der Waals surface area contributed by atoms with Gasteiger partial charge in [0.1, 0.15) is 10.7 Å². The molecule has 0 spiro atoms. The maximum absolute atomic E-state index is 13.6. The number of hydrogen-bond donors (Lipinski definition) is 1. The number of benzene rings is 3. The molecule has 3 saturated heterocycles. The highest BCUT2D eigenvalue weighted by molar-refractivity contribution is 7.89. The molecule has 3 fully saturated rings. The number of amides is 1. The Hall–Kier alpha value is -3.24. The Bertz CT molecular complexity index is 1880. The van der Waals surface area contributed by atoms with Gasteiger partial charge in [-0.1, -0.05) is 53.6 Å². The van der Waals surface area contributed by atoms with Gasteiger partial charge in [0.15, 0.2) is 0 Å². The van der Waals surface area contributed by atoms with Crippen LogP contribution in [0.5, 0.6) is 0 Å². The van der Waals surface area contributed by atoms with Crippen LogP contribution in [0.3, 0.4) is 0 Å². The van der Waals surface area contributed by atoms with Crippen molar-refractivity contribution >= 4 is 38.6 Å². The highest BCUT2D eigenvalue weighted by atomic mass is 35.5. The predicted molar refractivity (Wildman–Crippen MR) is 182 cm³/mol. The van der Waals surface area contributed by atoms with Crippen LogP contribution in [0.4, 0.5) is 0 Å². The van der Waals surface area contributed by atoms with E-state index in [2.05, 4.69) is 71.8 Å². The maximum Gasteiger partial charge on any atom is 0.253 e. The molecule has 4 heterocycles. The van der Waals surface area contributed by atoms with E-state index < -0.39 is 10.0 Å². The number of aromatic nitrogens is 2. The monoisotopic (exact) mass is 659 g/mol. The first kappa shape index (κ1) is 31.4. The number of likely N-dealkylation sites (tertiary alicyclic amines) is 1. The summed E-state index contributed by atoms with van der Waals surface area (Å²) in [5.41, 5.74) is 5.18. The topological polar surface area (TPSA) is 102 Å². The molecule has 10 heteroatoms. The molecule has 3 aromatic carbocycles. The number of aryl methyl sites for hydroxylation is 2. The Kier molecular flexibility index (Phi) is 8.24. The summed E-state index contributed by atoms with van der Waals surface area (Å²) < 4.78 is 26.6. The molecular weight excluding hydrogens is 618 g/mol. The smallest absolute Gasteiger partial charge is 0.253 e. The highest BCUT2D eigenvalue weighted by Crippen LogP contribution is 2.45. The second-order valence-corrected chi connectivity index (χ2v) is 15.6. The molecule has 4 aromatic rings. The number of imidazole rings is 1. The number of fused-ring (bicyclic) bond motifs is 3. The number of para-hydroxylation sites is 2. The molecule has 242 valence electrons. The largest absolute Gasteiger partial charge is 0.339 e. The van der Waals surface area contributed by atoms with Crippen LogP contribution >= 0.6 is 11.6 Å². The van der Waals surface area contributed by atoms with Crippen LogP contribution in [0, 0.1) is 13.8 Å². The van der Waals surface area contributed by atoms with Crippen LogP contribution in [-0.2, 0) is 15.4 Å². The van der Waals surface area contributed by atoms with Crippen LogP contribution in [0.1, 0.15) is 78.3 Å². The molecule has 3 aliphatic rings. The summed E-state index contributed by atoms with van der Waals surface area (Å²) in [6, 6.07) is 23.3. The minimum Gasteiger partial charge on any atom is -0.339 e. The molecule has 3 atom stereocenters. The number of piperidine rings is 2. The Labute approximate surface area is 276 Å². The molecule has 8 nitrogen and oxygen atoms in total. The molecule has 3 aliphatic heterocycles. The zero-order valence-electron chi connectivity index (χ0n) is 26.5. The van der Waals surface area contributed by atoms with Crippen molar-refractivity contribution in [1.82, 2.24) is 19.4 Å². The number of hydrogen-bond acceptors (Lipinski definition) is 5. The van der Waals surface area contributed by atoms with E-state index >= 15 is 0 Å². The van der Waals surface area contributed by atoms with E-state index in [0.717, 1.165) is 50.0 Å². The van der Waals surface area contributed by atoms with Crippen molar-refractivity contribution < 1.29 is 13.2 Å². The van der Waals surface area contributed by atoms with Crippen LogP contribution in [0.25, 0.3) is 11.0 Å². The maximum atomic E-state index is 13.6. The van der Waals surface area contributed by atoms with Gasteiger partial charge in [-0.15, -0.1) is 0 Å². The summed E-state index contributed by atoms with van der Waals surface area (Å²) in [6.07, 6.45) is 7.54. The number of primary sulfonamides is 1. The van der Waals surface area contributed by atoms with Crippen molar-refractivity contribution in [3.8, 4) is 0 Å². The first-order valence-electron chi connectivity index (χ1n) is 16.4. The Morgan fingerprint density at radius 2 is 1.67 bits per heavy atom. The molecule has 0 unspecified atom stereocenters. The summed E-state index contributed by atoms with van der Waals surface area (Å²) >= 11 is 6.08. The molecule has 46 heavy (non-hydrogen) atoms. The third-order valence-electron chi connectivity index (χ3n) is 11.0. The lowest BCUT2D eigenvalue weighted by molar-refractivity contribution is 0.0606. The molecule has 2 N–H and O–H groups in total. The fourth-order valence-corrected chi connectivity index (χ4v) is 9.69. The van der Waals surface area contributed by atoms with Crippen LogP contribution in [-0.4, -0.2) is 65.4 Å². The number of nitrogens with zero attached hydrogens (tertiary/aromatic N) is 4. The standard InChI is InChI=1S/C36H42ClN5O3S/c1-24-6-5-7-27(20-24)36(14-17-40(18-15-36)35(43)26-10-13-31(37)34(21-26)46(38,44)45)16-19-41-28-11-12-29(41)23-30(22-28)42-25(2)39-32-8-3-4-9-33(32)42/h3-10,13,20-21,28-30H,11-12,14-19,22-23H2,1-2H3,(H2,38,44,45)/t28-,29+,30+. The number of sulfonamides is 1. The van der Waals surface area contributed by atoms with Gasteiger partial charge in [-0.05, 0) is 107 Å². The van der Waals surface area contributed by atoms with Gasteiger partial charge in [0.25, 0.3) is 5.91 Å². The van der Waals surface area contributed by atoms with Gasteiger partial charge in [0.05, 0.1) is 16.1 Å². The summed E-state index contributed by atoms with van der Waals surface area (Å²) in [7, 11) is -4.04. The van der Waals surface area contributed by atoms with E-state index in [1.54, 1.807) is 6.07 Å². The molecule has 7 rings (SSSR count). The minimum absolute atomic E-state index is 0.0164. The molecule has 0 radical (unpaired) electrons. The summed E-state index contributed by atoms with van der Waals surface area (Å²) in [6.45, 7) is 6.53. The van der Waals surface area contributed by atoms with Crippen LogP contribution < -0.4 is 5.14 Å². The molecule has 1 aromatic heterocycles. The molecule has 0 aliphatic carbocycles. The van der Waals surface area contributed by atoms with Crippen LogP contribution in [0.15, 0.2) is 71.6 Å². The zero-order chi connectivity index (χ0) is 32.2. The van der Waals surface area contributed by atoms with E-state index in [4.69, 9.17) is 21.7 Å². The first-order valence-corrected chi connectivity index (χ1v) is 18.3. The first-order chi connectivity index (χ1) is 22.0. The lowest BCUT2D eigenvalue weighted by Crippen LogP contribution is -2.49. The normalized spacial score (nSPS) is 23.2. The lowest BCUT2D eigenvalue weighted by Gasteiger charge is -2.46. The lowest BCUT2D eigenvalue weighted by atomic mass is 9.70. The quantitative estimate of drug-likeness (QED) is 0.248. The number of rotatable bonds is 7. The van der Waals surface area contributed by atoms with E-state index in [1.807, 2.05) is 4.90 Å². The van der Waals surface area contributed by atoms with Crippen molar-refractivity contribution in [3.63, 3.8) is 0 Å². The van der Waals surface area contributed by atoms with Gasteiger partial charge >= 0.3 is 0 Å². The average molecular weight is 660 g/mol. The van der Waals surface area contributed by atoms with Gasteiger partial charge < -0.3 is 9.47 Å². The number of carbonyl (C=O) groups excluding carboxylic acids is 1. The number of carbonyl (C=O) groups is 1. The van der Waals surface area contributed by atoms with Crippen molar-refractivity contribution in [1.29, 1.82) is 0 Å². The van der Waals surface area contributed by atoms with E-state index in [0.29, 0.717) is 31.2 Å². The summed E-state index contributed by atoms with van der Waals surface area (Å²) in [5.74, 6) is 0.917. The minimum atomic E-state index is -4.04. The molecular formula is C36H42ClN5O3S.